The third-order valence-electron chi connectivity index (χ3n) is 4.76. The molecule has 0 saturated heterocycles. The third kappa shape index (κ3) is 5.41. The number of halogens is 1. The molecule has 0 atom stereocenters. The molecule has 0 radical (unpaired) electrons. The Balaban J connectivity index is 1.38. The number of hydrazone groups is 2. The summed E-state index contributed by atoms with van der Waals surface area (Å²) in [6.07, 6.45) is 2.65. The summed E-state index contributed by atoms with van der Waals surface area (Å²) in [7, 11) is 0. The SMILES string of the molecule is O=C1CCC(c2ccccc2)=NN1c1ccc(C=NNC(=S)Nc2ccc(F)cc2)cc1. The van der Waals surface area contributed by atoms with E-state index in [9.17, 15) is 9.18 Å². The lowest BCUT2D eigenvalue weighted by Crippen LogP contribution is -2.31. The van der Waals surface area contributed by atoms with E-state index in [1.165, 1.54) is 17.1 Å². The van der Waals surface area contributed by atoms with Gasteiger partial charge in [0.2, 0.25) is 5.91 Å². The predicted octanol–water partition coefficient (Wildman–Crippen LogP) is 4.68. The van der Waals surface area contributed by atoms with Gasteiger partial charge >= 0.3 is 0 Å². The van der Waals surface area contributed by atoms with Gasteiger partial charge in [0.25, 0.3) is 0 Å². The molecule has 0 spiro atoms. The second kappa shape index (κ2) is 9.93. The van der Waals surface area contributed by atoms with Crippen molar-refractivity contribution in [1.82, 2.24) is 5.43 Å². The van der Waals surface area contributed by atoms with E-state index in [0.29, 0.717) is 24.2 Å². The van der Waals surface area contributed by atoms with Crippen molar-refractivity contribution in [3.05, 3.63) is 95.8 Å². The lowest BCUT2D eigenvalue weighted by atomic mass is 10.0. The Morgan fingerprint density at radius 1 is 1.00 bits per heavy atom. The summed E-state index contributed by atoms with van der Waals surface area (Å²) in [5, 5.41) is 13.3. The minimum atomic E-state index is -0.316. The maximum Gasteiger partial charge on any atom is 0.247 e. The first-order valence-electron chi connectivity index (χ1n) is 10.00. The molecule has 3 aromatic rings. The van der Waals surface area contributed by atoms with Crippen molar-refractivity contribution in [1.29, 1.82) is 0 Å². The van der Waals surface area contributed by atoms with Gasteiger partial charge in [0, 0.05) is 18.5 Å². The van der Waals surface area contributed by atoms with Gasteiger partial charge in [-0.3, -0.25) is 10.2 Å². The fourth-order valence-electron chi connectivity index (χ4n) is 3.15. The highest BCUT2D eigenvalue weighted by Crippen LogP contribution is 2.22. The van der Waals surface area contributed by atoms with Crippen LogP contribution in [0.15, 0.2) is 89.1 Å². The molecule has 32 heavy (non-hydrogen) atoms. The number of nitrogens with zero attached hydrogens (tertiary/aromatic N) is 3. The molecule has 1 heterocycles. The van der Waals surface area contributed by atoms with E-state index < -0.39 is 0 Å². The molecule has 0 aliphatic carbocycles. The smallest absolute Gasteiger partial charge is 0.247 e. The Hall–Kier alpha value is -3.91. The number of amides is 1. The lowest BCUT2D eigenvalue weighted by Gasteiger charge is -2.23. The van der Waals surface area contributed by atoms with Gasteiger partial charge < -0.3 is 5.32 Å². The Morgan fingerprint density at radius 3 is 2.44 bits per heavy atom. The second-order valence-corrected chi connectivity index (χ2v) is 7.45. The molecule has 6 nitrogen and oxygen atoms in total. The van der Waals surface area contributed by atoms with Gasteiger partial charge in [-0.2, -0.15) is 10.2 Å². The molecule has 2 N–H and O–H groups in total. The van der Waals surface area contributed by atoms with Gasteiger partial charge in [-0.05, 0) is 59.7 Å². The van der Waals surface area contributed by atoms with Crippen molar-refractivity contribution in [2.75, 3.05) is 10.3 Å². The van der Waals surface area contributed by atoms with Crippen LogP contribution in [0.1, 0.15) is 24.0 Å². The lowest BCUT2D eigenvalue weighted by molar-refractivity contribution is -0.118. The van der Waals surface area contributed by atoms with Crippen LogP contribution in [0, 0.1) is 5.82 Å². The van der Waals surface area contributed by atoms with Gasteiger partial charge in [0.1, 0.15) is 5.82 Å². The number of carbonyl (C=O) groups excluding carboxylic acids is 1. The van der Waals surface area contributed by atoms with E-state index in [2.05, 4.69) is 20.9 Å². The van der Waals surface area contributed by atoms with Crippen LogP contribution >= 0.6 is 12.2 Å². The maximum atomic E-state index is 13.0. The highest BCUT2D eigenvalue weighted by atomic mass is 32.1. The zero-order valence-corrected chi connectivity index (χ0v) is 17.8. The third-order valence-corrected chi connectivity index (χ3v) is 4.95. The van der Waals surface area contributed by atoms with Gasteiger partial charge in [-0.1, -0.05) is 42.5 Å². The van der Waals surface area contributed by atoms with Gasteiger partial charge in [0.15, 0.2) is 5.11 Å². The van der Waals surface area contributed by atoms with Crippen LogP contribution in [-0.4, -0.2) is 22.9 Å². The van der Waals surface area contributed by atoms with E-state index in [0.717, 1.165) is 16.8 Å². The van der Waals surface area contributed by atoms with E-state index in [4.69, 9.17) is 12.2 Å². The summed E-state index contributed by atoms with van der Waals surface area (Å²) in [4.78, 5) is 12.4. The number of benzene rings is 3. The standard InChI is InChI=1S/C24H20FN5OS/c25-19-8-10-20(11-9-19)27-24(32)28-26-16-17-6-12-21(13-7-17)30-23(31)15-14-22(29-30)18-4-2-1-3-5-18/h1-13,16H,14-15H2,(H2,27,28,32). The topological polar surface area (TPSA) is 69.1 Å². The van der Waals surface area contributed by atoms with Crippen LogP contribution in [0.2, 0.25) is 0 Å². The van der Waals surface area contributed by atoms with Crippen molar-refractivity contribution in [2.45, 2.75) is 12.8 Å². The van der Waals surface area contributed by atoms with E-state index in [1.54, 1.807) is 18.3 Å². The van der Waals surface area contributed by atoms with E-state index in [1.807, 2.05) is 54.6 Å². The van der Waals surface area contributed by atoms with Crippen molar-refractivity contribution < 1.29 is 9.18 Å². The molecule has 1 amide bonds. The Morgan fingerprint density at radius 2 is 1.72 bits per heavy atom. The number of hydrogen-bond acceptors (Lipinski definition) is 4. The number of carbonyl (C=O) groups is 1. The zero-order chi connectivity index (χ0) is 22.3. The van der Waals surface area contributed by atoms with E-state index in [-0.39, 0.29) is 16.8 Å². The average Bonchev–Trinajstić information content (AvgIpc) is 2.82. The predicted molar refractivity (Wildman–Crippen MR) is 129 cm³/mol. The molecule has 0 fully saturated rings. The normalized spacial score (nSPS) is 13.7. The zero-order valence-electron chi connectivity index (χ0n) is 17.0. The molecule has 4 rings (SSSR count). The molecular formula is C24H20FN5OS. The van der Waals surface area contributed by atoms with Crippen LogP contribution in [0.4, 0.5) is 15.8 Å². The van der Waals surface area contributed by atoms with Crippen LogP contribution < -0.4 is 15.8 Å². The minimum absolute atomic E-state index is 0.0371. The van der Waals surface area contributed by atoms with Crippen molar-refractivity contribution in [3.63, 3.8) is 0 Å². The number of rotatable bonds is 5. The Bertz CT molecular complexity index is 1160. The molecule has 0 unspecified atom stereocenters. The monoisotopic (exact) mass is 445 g/mol. The number of anilines is 2. The second-order valence-electron chi connectivity index (χ2n) is 7.04. The summed E-state index contributed by atoms with van der Waals surface area (Å²) in [6.45, 7) is 0. The molecule has 0 saturated carbocycles. The largest absolute Gasteiger partial charge is 0.331 e. The summed E-state index contributed by atoms with van der Waals surface area (Å²) in [5.74, 6) is -0.353. The molecule has 3 aromatic carbocycles. The van der Waals surface area contributed by atoms with Crippen LogP contribution in [0.25, 0.3) is 0 Å². The average molecular weight is 446 g/mol. The molecule has 1 aliphatic heterocycles. The molecule has 160 valence electrons. The molecular weight excluding hydrogens is 425 g/mol. The van der Waals surface area contributed by atoms with Gasteiger partial charge in [-0.15, -0.1) is 0 Å². The van der Waals surface area contributed by atoms with Crippen molar-refractivity contribution >= 4 is 46.5 Å². The fraction of sp³-hybridized carbons (Fsp3) is 0.0833. The Kier molecular flexibility index (Phi) is 6.62. The molecule has 0 bridgehead atoms. The molecule has 8 heteroatoms. The highest BCUT2D eigenvalue weighted by Gasteiger charge is 2.22. The van der Waals surface area contributed by atoms with Crippen LogP contribution in [0.5, 0.6) is 0 Å². The van der Waals surface area contributed by atoms with E-state index >= 15 is 0 Å². The highest BCUT2D eigenvalue weighted by molar-refractivity contribution is 7.80. The van der Waals surface area contributed by atoms with Gasteiger partial charge in [-0.25, -0.2) is 9.40 Å². The minimum Gasteiger partial charge on any atom is -0.331 e. The number of thiocarbonyl (C=S) groups is 1. The number of nitrogens with one attached hydrogen (secondary N) is 2. The molecule has 1 aliphatic rings. The Labute approximate surface area is 190 Å². The number of hydrogen-bond donors (Lipinski definition) is 2. The fourth-order valence-corrected chi connectivity index (χ4v) is 3.32. The van der Waals surface area contributed by atoms with Gasteiger partial charge in [0.05, 0.1) is 17.6 Å². The van der Waals surface area contributed by atoms with Crippen LogP contribution in [0.3, 0.4) is 0 Å². The first-order valence-corrected chi connectivity index (χ1v) is 10.4. The first kappa shape index (κ1) is 21.3. The summed E-state index contributed by atoms with van der Waals surface area (Å²) < 4.78 is 13.0. The quantitative estimate of drug-likeness (QED) is 0.340. The first-order chi connectivity index (χ1) is 15.6. The summed E-state index contributed by atoms with van der Waals surface area (Å²) in [6, 6.07) is 23.1. The maximum absolute atomic E-state index is 13.0. The molecule has 0 aromatic heterocycles. The van der Waals surface area contributed by atoms with Crippen molar-refractivity contribution in [2.24, 2.45) is 10.2 Å². The van der Waals surface area contributed by atoms with Crippen molar-refractivity contribution in [3.8, 4) is 0 Å². The van der Waals surface area contributed by atoms with Crippen LogP contribution in [-0.2, 0) is 4.79 Å². The summed E-state index contributed by atoms with van der Waals surface area (Å²) in [5.41, 5.74) is 6.80. The summed E-state index contributed by atoms with van der Waals surface area (Å²) >= 11 is 5.17.